The number of hydrogen-bond acceptors (Lipinski definition) is 4. The Hall–Kier alpha value is -2.60. The van der Waals surface area contributed by atoms with E-state index in [-0.39, 0.29) is 17.1 Å². The molecular formula is C18H14ClF6N5O. The molecule has 1 aliphatic carbocycles. The second kappa shape index (κ2) is 6.70. The molecule has 0 radical (unpaired) electrons. The van der Waals surface area contributed by atoms with Gasteiger partial charge in [-0.05, 0) is 30.5 Å². The van der Waals surface area contributed by atoms with Crippen molar-refractivity contribution >= 4 is 22.6 Å². The molecule has 0 amide bonds. The van der Waals surface area contributed by atoms with Gasteiger partial charge in [-0.3, -0.25) is 14.0 Å². The number of benzene rings is 1. The number of aryl methyl sites for hydroxylation is 1. The summed E-state index contributed by atoms with van der Waals surface area (Å²) < 4.78 is 84.0. The number of nitrogens with two attached hydrogens (primary N) is 1. The molecule has 166 valence electrons. The van der Waals surface area contributed by atoms with Gasteiger partial charge in [-0.1, -0.05) is 17.7 Å². The van der Waals surface area contributed by atoms with Gasteiger partial charge < -0.3 is 5.73 Å². The van der Waals surface area contributed by atoms with Crippen LogP contribution in [-0.2, 0) is 18.8 Å². The molecule has 3 aromatic rings. The summed E-state index contributed by atoms with van der Waals surface area (Å²) in [4.78, 5) is 16.7. The van der Waals surface area contributed by atoms with E-state index in [0.717, 1.165) is 30.9 Å². The summed E-state index contributed by atoms with van der Waals surface area (Å²) in [5.41, 5.74) is -1.57. The van der Waals surface area contributed by atoms with Crippen molar-refractivity contribution in [2.75, 3.05) is 0 Å². The normalized spacial score (nSPS) is 17.2. The van der Waals surface area contributed by atoms with Crippen molar-refractivity contribution in [3.05, 3.63) is 56.7 Å². The molecule has 1 atom stereocenters. The van der Waals surface area contributed by atoms with E-state index >= 15 is 0 Å². The molecule has 0 aliphatic heterocycles. The molecular weight excluding hydrogens is 452 g/mol. The summed E-state index contributed by atoms with van der Waals surface area (Å²) in [7, 11) is 1.15. The highest BCUT2D eigenvalue weighted by Gasteiger charge is 2.58. The van der Waals surface area contributed by atoms with Gasteiger partial charge in [-0.15, -0.1) is 0 Å². The standard InChI is InChI=1S/C18H14ClF6N5O/c1-29-14(12-13(28-29)15(31)30(7-27-12)9-3-4-9)16(26,18(23,24)25)8-2-5-10(11(19)6-8)17(20,21)22/h2,5-7,9H,3-4,26H2,1H3. The van der Waals surface area contributed by atoms with Gasteiger partial charge in [0.2, 0.25) is 0 Å². The molecule has 1 fully saturated rings. The van der Waals surface area contributed by atoms with Crippen molar-refractivity contribution < 1.29 is 26.3 Å². The fraction of sp³-hybridized carbons (Fsp3) is 0.389. The van der Waals surface area contributed by atoms with Crippen molar-refractivity contribution in [1.29, 1.82) is 0 Å². The number of hydrogen-bond donors (Lipinski definition) is 1. The smallest absolute Gasteiger partial charge is 0.309 e. The minimum absolute atomic E-state index is 0.0891. The van der Waals surface area contributed by atoms with Crippen LogP contribution in [0.2, 0.25) is 5.02 Å². The van der Waals surface area contributed by atoms with Crippen molar-refractivity contribution in [2.24, 2.45) is 12.8 Å². The van der Waals surface area contributed by atoms with Crippen LogP contribution in [0.4, 0.5) is 26.3 Å². The number of aromatic nitrogens is 4. The molecule has 1 aliphatic rings. The molecule has 31 heavy (non-hydrogen) atoms. The van der Waals surface area contributed by atoms with Crippen LogP contribution in [-0.4, -0.2) is 25.5 Å². The Morgan fingerprint density at radius 2 is 1.77 bits per heavy atom. The lowest BCUT2D eigenvalue weighted by Gasteiger charge is -2.32. The molecule has 6 nitrogen and oxygen atoms in total. The second-order valence-corrected chi connectivity index (χ2v) is 7.76. The monoisotopic (exact) mass is 465 g/mol. The Labute approximate surface area is 175 Å². The van der Waals surface area contributed by atoms with Gasteiger partial charge in [0.15, 0.2) is 11.1 Å². The molecule has 1 unspecified atom stereocenters. The molecule has 0 saturated heterocycles. The van der Waals surface area contributed by atoms with Gasteiger partial charge in [-0.25, -0.2) is 4.98 Å². The number of alkyl halides is 6. The minimum atomic E-state index is -5.19. The maximum Gasteiger partial charge on any atom is 0.417 e. The van der Waals surface area contributed by atoms with E-state index in [1.165, 1.54) is 4.57 Å². The molecule has 4 rings (SSSR count). The molecule has 13 heteroatoms. The first-order valence-electron chi connectivity index (χ1n) is 8.94. The fourth-order valence-electron chi connectivity index (χ4n) is 3.55. The van der Waals surface area contributed by atoms with Gasteiger partial charge in [0.25, 0.3) is 5.56 Å². The molecule has 2 heterocycles. The molecule has 0 spiro atoms. The average Bonchev–Trinajstić information content (AvgIpc) is 3.41. The van der Waals surface area contributed by atoms with E-state index in [9.17, 15) is 31.1 Å². The van der Waals surface area contributed by atoms with Crippen LogP contribution in [0.1, 0.15) is 35.7 Å². The summed E-state index contributed by atoms with van der Waals surface area (Å²) in [5, 5.41) is 2.95. The van der Waals surface area contributed by atoms with E-state index in [1.54, 1.807) is 0 Å². The molecule has 0 bridgehead atoms. The van der Waals surface area contributed by atoms with E-state index in [0.29, 0.717) is 18.2 Å². The van der Waals surface area contributed by atoms with E-state index in [2.05, 4.69) is 10.1 Å². The van der Waals surface area contributed by atoms with Crippen molar-refractivity contribution in [3.63, 3.8) is 0 Å². The lowest BCUT2D eigenvalue weighted by atomic mass is 9.85. The third-order valence-electron chi connectivity index (χ3n) is 5.26. The molecule has 1 aromatic carbocycles. The minimum Gasteiger partial charge on any atom is -0.309 e. The van der Waals surface area contributed by atoms with E-state index in [4.69, 9.17) is 17.3 Å². The maximum atomic E-state index is 14.3. The second-order valence-electron chi connectivity index (χ2n) is 7.36. The van der Waals surface area contributed by atoms with Crippen LogP contribution in [0.25, 0.3) is 11.0 Å². The first kappa shape index (κ1) is 21.6. The number of fused-ring (bicyclic) bond motifs is 1. The Balaban J connectivity index is 1.99. The lowest BCUT2D eigenvalue weighted by Crippen LogP contribution is -2.52. The first-order chi connectivity index (χ1) is 14.3. The highest BCUT2D eigenvalue weighted by molar-refractivity contribution is 6.31. The Kier molecular flexibility index (Phi) is 4.67. The van der Waals surface area contributed by atoms with Gasteiger partial charge in [0.05, 0.1) is 22.6 Å². The van der Waals surface area contributed by atoms with Crippen molar-refractivity contribution in [1.82, 2.24) is 19.3 Å². The molecule has 2 aromatic heterocycles. The topological polar surface area (TPSA) is 78.7 Å². The molecule has 2 N–H and O–H groups in total. The largest absolute Gasteiger partial charge is 0.417 e. The van der Waals surface area contributed by atoms with Gasteiger partial charge >= 0.3 is 12.4 Å². The predicted molar refractivity (Wildman–Crippen MR) is 98.5 cm³/mol. The van der Waals surface area contributed by atoms with E-state index < -0.39 is 45.3 Å². The zero-order valence-electron chi connectivity index (χ0n) is 15.7. The van der Waals surface area contributed by atoms with Crippen LogP contribution in [0.5, 0.6) is 0 Å². The Morgan fingerprint density at radius 3 is 2.29 bits per heavy atom. The van der Waals surface area contributed by atoms with Crippen LogP contribution in [0.15, 0.2) is 29.3 Å². The summed E-state index contributed by atoms with van der Waals surface area (Å²) in [6.45, 7) is 0. The highest BCUT2D eigenvalue weighted by Crippen LogP contribution is 2.46. The van der Waals surface area contributed by atoms with Crippen molar-refractivity contribution in [3.8, 4) is 0 Å². The summed E-state index contributed by atoms with van der Waals surface area (Å²) >= 11 is 5.64. The van der Waals surface area contributed by atoms with E-state index in [1.807, 2.05) is 0 Å². The summed E-state index contributed by atoms with van der Waals surface area (Å²) in [6, 6.07) is 1.46. The summed E-state index contributed by atoms with van der Waals surface area (Å²) in [6.07, 6.45) is -7.45. The number of nitrogens with zero attached hydrogens (tertiary/aromatic N) is 4. The fourth-order valence-corrected chi connectivity index (χ4v) is 3.84. The van der Waals surface area contributed by atoms with Gasteiger partial charge in [0, 0.05) is 13.1 Å². The zero-order chi connectivity index (χ0) is 22.9. The van der Waals surface area contributed by atoms with Gasteiger partial charge in [-0.2, -0.15) is 31.4 Å². The first-order valence-corrected chi connectivity index (χ1v) is 9.31. The van der Waals surface area contributed by atoms with Crippen molar-refractivity contribution in [2.45, 2.75) is 36.8 Å². The Morgan fingerprint density at radius 1 is 1.13 bits per heavy atom. The van der Waals surface area contributed by atoms with Crippen LogP contribution >= 0.6 is 11.6 Å². The quantitative estimate of drug-likeness (QED) is 0.595. The van der Waals surface area contributed by atoms with Crippen LogP contribution < -0.4 is 11.3 Å². The SMILES string of the molecule is Cn1nc2c(=O)n(C3CC3)cnc2c1C(N)(c1ccc(C(F)(F)F)c(Cl)c1)C(F)(F)F. The zero-order valence-corrected chi connectivity index (χ0v) is 16.5. The maximum absolute atomic E-state index is 14.3. The number of rotatable bonds is 3. The highest BCUT2D eigenvalue weighted by atomic mass is 35.5. The summed E-state index contributed by atoms with van der Waals surface area (Å²) in [5.74, 6) is 0. The molecule has 1 saturated carbocycles. The lowest BCUT2D eigenvalue weighted by molar-refractivity contribution is -0.178. The Bertz CT molecular complexity index is 1240. The number of halogens is 7. The third kappa shape index (κ3) is 3.28. The average molecular weight is 466 g/mol. The predicted octanol–water partition coefficient (Wildman–Crippen LogP) is 3.90. The third-order valence-corrected chi connectivity index (χ3v) is 5.57. The van der Waals surface area contributed by atoms with Crippen LogP contribution in [0, 0.1) is 0 Å². The van der Waals surface area contributed by atoms with Crippen LogP contribution in [0.3, 0.4) is 0 Å². The van der Waals surface area contributed by atoms with Gasteiger partial charge in [0.1, 0.15) is 5.52 Å².